The van der Waals surface area contributed by atoms with Gasteiger partial charge in [-0.05, 0) is 68.2 Å². The second-order valence-electron chi connectivity index (χ2n) is 15.0. The molecule has 256 valence electrons. The van der Waals surface area contributed by atoms with Crippen LogP contribution in [-0.4, -0.2) is 4.98 Å². The molecule has 4 heteroatoms. The van der Waals surface area contributed by atoms with Crippen LogP contribution in [0.15, 0.2) is 126 Å². The summed E-state index contributed by atoms with van der Waals surface area (Å²) < 4.78 is 25.7. The van der Waals surface area contributed by atoms with Gasteiger partial charge in [0, 0.05) is 21.4 Å². The zero-order valence-electron chi connectivity index (χ0n) is 32.1. The Morgan fingerprint density at radius 3 is 2.27 bits per heavy atom. The van der Waals surface area contributed by atoms with Gasteiger partial charge in [0.15, 0.2) is 0 Å². The average molecular weight is 847 g/mol. The maximum Gasteiger partial charge on any atom is 3.00 e. The molecule has 0 amide bonds. The molecule has 0 unspecified atom stereocenters. The molecule has 3 heterocycles. The van der Waals surface area contributed by atoms with E-state index >= 15 is 0 Å². The molecule has 0 radical (unpaired) electrons. The van der Waals surface area contributed by atoms with Crippen LogP contribution in [0.25, 0.3) is 66.0 Å². The fraction of sp³-hybridized carbons (Fsp3) is 0.191. The fourth-order valence-electron chi connectivity index (χ4n) is 6.51. The molecule has 3 nitrogen and oxygen atoms in total. The first kappa shape index (κ1) is 33.3. The van der Waals surface area contributed by atoms with Crippen molar-refractivity contribution in [2.75, 3.05) is 0 Å². The van der Waals surface area contributed by atoms with Crippen molar-refractivity contribution in [3.8, 4) is 22.5 Å². The molecule has 5 aromatic carbocycles. The monoisotopic (exact) mass is 847 g/mol. The Kier molecular flexibility index (Phi) is 9.15. The van der Waals surface area contributed by atoms with Crippen LogP contribution in [0.2, 0.25) is 0 Å². The first-order valence-electron chi connectivity index (χ1n) is 18.1. The molecular weight excluding hydrogens is 801 g/mol. The van der Waals surface area contributed by atoms with E-state index in [2.05, 4.69) is 119 Å². The molecule has 0 atom stereocenters. The van der Waals surface area contributed by atoms with E-state index < -0.39 is 11.8 Å². The average Bonchev–Trinajstić information content (AvgIpc) is 3.48. The van der Waals surface area contributed by atoms with E-state index in [-0.39, 0.29) is 25.5 Å². The Morgan fingerprint density at radius 1 is 0.784 bits per heavy atom. The number of aromatic nitrogens is 2. The Balaban J connectivity index is 0.000000215. The number of nitrogens with zero attached hydrogens (tertiary/aromatic N) is 2. The van der Waals surface area contributed by atoms with Crippen molar-refractivity contribution in [3.05, 3.63) is 158 Å². The van der Waals surface area contributed by atoms with Crippen LogP contribution in [0.3, 0.4) is 0 Å². The smallest absolute Gasteiger partial charge is 0.501 e. The molecule has 0 saturated heterocycles. The number of hydrogen-bond acceptors (Lipinski definition) is 2. The van der Waals surface area contributed by atoms with Crippen molar-refractivity contribution in [2.45, 2.75) is 53.3 Å². The van der Waals surface area contributed by atoms with E-state index in [1.807, 2.05) is 61.7 Å². The third-order valence-electron chi connectivity index (χ3n) is 9.02. The summed E-state index contributed by atoms with van der Waals surface area (Å²) in [5.74, 6) is 0. The summed E-state index contributed by atoms with van der Waals surface area (Å²) in [5, 5.41) is 6.79. The Morgan fingerprint density at radius 2 is 1.53 bits per heavy atom. The molecule has 0 fully saturated rings. The number of rotatable bonds is 3. The first-order valence-corrected chi connectivity index (χ1v) is 17.1. The zero-order valence-corrected chi connectivity index (χ0v) is 32.5. The molecule has 0 N–H and O–H groups in total. The van der Waals surface area contributed by atoms with Gasteiger partial charge in [0.2, 0.25) is 0 Å². The standard InChI is InChI=1S/C30H24NO.C17H20N.Ir/c1-30(2,3)18-19-13-14-31-27(15-19)24-10-6-9-23-26-16-21-12-11-20-7-4-5-8-22(20)25(21)17-28(26)32-29(23)24;1-13-8-6-7-9-15(13)16-11-10-14(12-18(16)5)17(2,3)4;/h4-9,11-17H,18H2,1-3H3;6-12H,1,5H2,2-4H3;/q2*-1;+3/i18D2;;. The van der Waals surface area contributed by atoms with Crippen molar-refractivity contribution in [1.29, 1.82) is 0 Å². The molecule has 0 aliphatic rings. The topological polar surface area (TPSA) is 29.9 Å². The largest absolute Gasteiger partial charge is 3.00 e. The number of pyridine rings is 2. The Hall–Kier alpha value is -4.89. The van der Waals surface area contributed by atoms with Crippen molar-refractivity contribution in [3.63, 3.8) is 0 Å². The number of hydrogen-bond donors (Lipinski definition) is 0. The predicted molar refractivity (Wildman–Crippen MR) is 210 cm³/mol. The predicted octanol–water partition coefficient (Wildman–Crippen LogP) is 12.1. The second-order valence-corrected chi connectivity index (χ2v) is 15.0. The van der Waals surface area contributed by atoms with Gasteiger partial charge in [-0.3, -0.25) is 0 Å². The quantitative estimate of drug-likeness (QED) is 0.101. The van der Waals surface area contributed by atoms with E-state index in [0.717, 1.165) is 49.7 Å². The van der Waals surface area contributed by atoms with Gasteiger partial charge in [0.25, 0.3) is 0 Å². The summed E-state index contributed by atoms with van der Waals surface area (Å²) in [7, 11) is 4.10. The number of fused-ring (bicyclic) bond motifs is 6. The third kappa shape index (κ3) is 7.45. The van der Waals surface area contributed by atoms with Crippen LogP contribution in [0.5, 0.6) is 0 Å². The summed E-state index contributed by atoms with van der Waals surface area (Å²) in [5.41, 5.74) is 7.66. The minimum absolute atomic E-state index is 0. The van der Waals surface area contributed by atoms with Crippen LogP contribution in [-0.2, 0) is 31.9 Å². The minimum Gasteiger partial charge on any atom is -0.501 e. The van der Waals surface area contributed by atoms with E-state index in [9.17, 15) is 0 Å². The number of furan rings is 1. The molecule has 3 aromatic heterocycles. The molecule has 0 bridgehead atoms. The fourth-order valence-corrected chi connectivity index (χ4v) is 6.51. The summed E-state index contributed by atoms with van der Waals surface area (Å²) >= 11 is 0. The van der Waals surface area contributed by atoms with Crippen LogP contribution >= 0.6 is 0 Å². The van der Waals surface area contributed by atoms with Crippen LogP contribution in [0.1, 0.15) is 61.0 Å². The van der Waals surface area contributed by atoms with Crippen molar-refractivity contribution >= 4 is 43.5 Å². The van der Waals surface area contributed by atoms with Gasteiger partial charge in [-0.1, -0.05) is 119 Å². The maximum atomic E-state index is 8.68. The molecular formula is C47H44IrN2O+. The summed E-state index contributed by atoms with van der Waals surface area (Å²) in [6, 6.07) is 40.2. The normalized spacial score (nSPS) is 12.7. The molecule has 51 heavy (non-hydrogen) atoms. The van der Waals surface area contributed by atoms with Crippen LogP contribution in [0.4, 0.5) is 0 Å². The van der Waals surface area contributed by atoms with E-state index in [1.165, 1.54) is 21.7 Å². The Bertz CT molecular complexity index is 2610. The molecule has 0 aliphatic heterocycles. The second kappa shape index (κ2) is 14.0. The summed E-state index contributed by atoms with van der Waals surface area (Å²) in [6.07, 6.45) is 2.26. The molecule has 0 spiro atoms. The van der Waals surface area contributed by atoms with Gasteiger partial charge in [0.1, 0.15) is 5.58 Å². The van der Waals surface area contributed by atoms with E-state index in [0.29, 0.717) is 11.3 Å². The summed E-state index contributed by atoms with van der Waals surface area (Å²) in [6.45, 7) is 16.4. The Labute approximate surface area is 318 Å². The maximum absolute atomic E-state index is 8.68. The van der Waals surface area contributed by atoms with Gasteiger partial charge in [-0.2, -0.15) is 18.6 Å². The van der Waals surface area contributed by atoms with Gasteiger partial charge in [0.05, 0.1) is 17.5 Å². The van der Waals surface area contributed by atoms with Crippen molar-refractivity contribution in [2.24, 2.45) is 5.41 Å². The van der Waals surface area contributed by atoms with E-state index in [1.54, 1.807) is 12.3 Å². The van der Waals surface area contributed by atoms with Crippen molar-refractivity contribution in [1.82, 2.24) is 4.98 Å². The SMILES string of the molecule is [2H]C([2H])(c1ccnc(-c2[c-]ccc3c2oc2cc4c(ccc5ccccc54)cc23)c1)C(C)(C)C.[CH2-]c1ccccc1-c1ccc(C(C)(C)C)c[n+]1[CH2-].[Ir+3]. The molecule has 8 rings (SSSR count). The van der Waals surface area contributed by atoms with Crippen LogP contribution in [0, 0.1) is 25.5 Å². The molecule has 0 aliphatic carbocycles. The van der Waals surface area contributed by atoms with Crippen LogP contribution < -0.4 is 4.57 Å². The van der Waals surface area contributed by atoms with E-state index in [4.69, 9.17) is 7.16 Å². The summed E-state index contributed by atoms with van der Waals surface area (Å²) in [4.78, 5) is 4.56. The number of benzene rings is 5. The van der Waals surface area contributed by atoms with Gasteiger partial charge < -0.3 is 14.0 Å². The zero-order chi connectivity index (χ0) is 37.0. The van der Waals surface area contributed by atoms with Gasteiger partial charge >= 0.3 is 20.1 Å². The van der Waals surface area contributed by atoms with Gasteiger partial charge in [-0.25, -0.2) is 0 Å². The minimum atomic E-state index is -1.51. The van der Waals surface area contributed by atoms with Gasteiger partial charge in [-0.15, -0.1) is 35.9 Å². The molecule has 8 aromatic rings. The molecule has 0 saturated carbocycles. The first-order chi connectivity index (χ1) is 24.6. The third-order valence-corrected chi connectivity index (χ3v) is 9.02. The van der Waals surface area contributed by atoms with Crippen molar-refractivity contribution < 1.29 is 31.8 Å².